The molecule has 0 unspecified atom stereocenters. The smallest absolute Gasteiger partial charge is 0.173 e. The van der Waals surface area contributed by atoms with Gasteiger partial charge in [0.2, 0.25) is 0 Å². The van der Waals surface area contributed by atoms with E-state index in [0.717, 1.165) is 26.2 Å². The van der Waals surface area contributed by atoms with E-state index >= 15 is 0 Å². The Morgan fingerprint density at radius 1 is 1.35 bits per heavy atom. The topological polar surface area (TPSA) is 38.7 Å². The third-order valence-electron chi connectivity index (χ3n) is 3.25. The molecule has 2 N–H and O–H groups in total. The van der Waals surface area contributed by atoms with Crippen LogP contribution in [0.4, 0.5) is 10.1 Å². The zero-order chi connectivity index (χ0) is 14.5. The van der Waals surface area contributed by atoms with Crippen molar-refractivity contribution in [2.75, 3.05) is 44.6 Å². The summed E-state index contributed by atoms with van der Waals surface area (Å²) in [4.78, 5) is 4.22. The molecule has 7 heteroatoms. The number of piperazine rings is 1. The van der Waals surface area contributed by atoms with Crippen LogP contribution in [0.5, 0.6) is 0 Å². The Hall–Kier alpha value is -0.950. The Morgan fingerprint density at radius 2 is 2.05 bits per heavy atom. The molecule has 0 radical (unpaired) electrons. The summed E-state index contributed by atoms with van der Waals surface area (Å²) in [6.07, 6.45) is 0. The van der Waals surface area contributed by atoms with Gasteiger partial charge in [0, 0.05) is 38.4 Å². The van der Waals surface area contributed by atoms with Crippen molar-refractivity contribution in [3.63, 3.8) is 0 Å². The number of hydrogen-bond acceptors (Lipinski definition) is 3. The first-order chi connectivity index (χ1) is 9.60. The van der Waals surface area contributed by atoms with E-state index < -0.39 is 5.82 Å². The first kappa shape index (κ1) is 15.4. The minimum Gasteiger partial charge on any atom is -0.395 e. The molecule has 0 aliphatic carbocycles. The predicted octanol–water partition coefficient (Wildman–Crippen LogP) is 1.79. The van der Waals surface area contributed by atoms with E-state index in [1.54, 1.807) is 6.07 Å². The zero-order valence-electron chi connectivity index (χ0n) is 11.0. The van der Waals surface area contributed by atoms with Gasteiger partial charge < -0.3 is 15.3 Å². The molecule has 4 nitrogen and oxygen atoms in total. The largest absolute Gasteiger partial charge is 0.395 e. The molecule has 1 fully saturated rings. The van der Waals surface area contributed by atoms with Gasteiger partial charge in [-0.3, -0.25) is 4.90 Å². The predicted molar refractivity (Wildman–Crippen MR) is 82.7 cm³/mol. The second-order valence-electron chi connectivity index (χ2n) is 4.61. The summed E-state index contributed by atoms with van der Waals surface area (Å²) >= 11 is 11.0. The molecule has 1 aliphatic heterocycles. The van der Waals surface area contributed by atoms with Crippen LogP contribution in [0.25, 0.3) is 0 Å². The second kappa shape index (κ2) is 7.17. The SMILES string of the molecule is OCCN1CCN(C(=S)Nc2ccc(Cl)c(F)c2)CC1. The van der Waals surface area contributed by atoms with Crippen LogP contribution in [0.3, 0.4) is 0 Å². The minimum absolute atomic E-state index is 0.0964. The molecule has 0 saturated carbocycles. The van der Waals surface area contributed by atoms with Crippen molar-refractivity contribution >= 4 is 34.6 Å². The van der Waals surface area contributed by atoms with Crippen LogP contribution < -0.4 is 5.32 Å². The first-order valence-corrected chi connectivity index (χ1v) is 7.23. The van der Waals surface area contributed by atoms with E-state index in [-0.39, 0.29) is 11.6 Å². The van der Waals surface area contributed by atoms with Gasteiger partial charge >= 0.3 is 0 Å². The number of aliphatic hydroxyl groups excluding tert-OH is 1. The maximum absolute atomic E-state index is 13.3. The Morgan fingerprint density at radius 3 is 2.65 bits per heavy atom. The van der Waals surface area contributed by atoms with Gasteiger partial charge in [-0.15, -0.1) is 0 Å². The molecule has 0 atom stereocenters. The lowest BCUT2D eigenvalue weighted by atomic mass is 10.3. The molecular weight excluding hydrogens is 301 g/mol. The van der Waals surface area contributed by atoms with Crippen LogP contribution >= 0.6 is 23.8 Å². The number of rotatable bonds is 3. The van der Waals surface area contributed by atoms with Gasteiger partial charge in [-0.05, 0) is 30.4 Å². The summed E-state index contributed by atoms with van der Waals surface area (Å²) in [5.41, 5.74) is 0.592. The molecule has 1 aliphatic rings. The second-order valence-corrected chi connectivity index (χ2v) is 5.41. The summed E-state index contributed by atoms with van der Waals surface area (Å²) in [5.74, 6) is -0.466. The summed E-state index contributed by atoms with van der Waals surface area (Å²) in [5, 5.41) is 12.6. The average Bonchev–Trinajstić information content (AvgIpc) is 2.44. The van der Waals surface area contributed by atoms with Crippen molar-refractivity contribution in [1.29, 1.82) is 0 Å². The third-order valence-corrected chi connectivity index (χ3v) is 3.91. The van der Waals surface area contributed by atoms with Gasteiger partial charge in [0.05, 0.1) is 11.6 Å². The molecule has 0 spiro atoms. The number of hydrogen-bond donors (Lipinski definition) is 2. The highest BCUT2D eigenvalue weighted by molar-refractivity contribution is 7.80. The monoisotopic (exact) mass is 317 g/mol. The van der Waals surface area contributed by atoms with E-state index in [0.29, 0.717) is 17.3 Å². The van der Waals surface area contributed by atoms with Gasteiger partial charge in [-0.25, -0.2) is 4.39 Å². The van der Waals surface area contributed by atoms with Gasteiger partial charge in [0.25, 0.3) is 0 Å². The quantitative estimate of drug-likeness (QED) is 0.832. The standard InChI is InChI=1S/C13H17ClFN3OS/c14-11-2-1-10(9-12(11)15)16-13(20)18-5-3-17(4-6-18)7-8-19/h1-2,9,19H,3-8H2,(H,16,20). The normalized spacial score (nSPS) is 16.2. The summed E-state index contributed by atoms with van der Waals surface area (Å²) in [6.45, 7) is 4.17. The molecule has 0 amide bonds. The molecule has 1 aromatic rings. The van der Waals surface area contributed by atoms with Crippen molar-refractivity contribution < 1.29 is 9.50 Å². The van der Waals surface area contributed by atoms with E-state index in [2.05, 4.69) is 10.2 Å². The lowest BCUT2D eigenvalue weighted by Crippen LogP contribution is -2.50. The van der Waals surface area contributed by atoms with Gasteiger partial charge in [0.15, 0.2) is 5.11 Å². The van der Waals surface area contributed by atoms with Crippen LogP contribution in [0.2, 0.25) is 5.02 Å². The maximum atomic E-state index is 13.3. The number of β-amino-alcohol motifs (C(OH)–C–C–N with tert-alkyl or cyclic N) is 1. The minimum atomic E-state index is -0.466. The van der Waals surface area contributed by atoms with Crippen molar-refractivity contribution in [2.45, 2.75) is 0 Å². The molecule has 1 heterocycles. The Balaban J connectivity index is 1.88. The van der Waals surface area contributed by atoms with Crippen molar-refractivity contribution in [3.8, 4) is 0 Å². The molecule has 20 heavy (non-hydrogen) atoms. The Bertz CT molecular complexity index is 481. The van der Waals surface area contributed by atoms with Crippen molar-refractivity contribution in [3.05, 3.63) is 29.0 Å². The third kappa shape index (κ3) is 4.02. The fourth-order valence-electron chi connectivity index (χ4n) is 2.09. The first-order valence-electron chi connectivity index (χ1n) is 6.44. The van der Waals surface area contributed by atoms with Crippen molar-refractivity contribution in [2.24, 2.45) is 0 Å². The van der Waals surface area contributed by atoms with Crippen LogP contribution in [-0.4, -0.2) is 59.3 Å². The number of halogens is 2. The highest BCUT2D eigenvalue weighted by Gasteiger charge is 2.18. The highest BCUT2D eigenvalue weighted by atomic mass is 35.5. The molecule has 0 aromatic heterocycles. The number of thiocarbonyl (C=S) groups is 1. The molecule has 2 rings (SSSR count). The number of nitrogens with one attached hydrogen (secondary N) is 1. The van der Waals surface area contributed by atoms with Gasteiger partial charge in [0.1, 0.15) is 5.82 Å². The Labute approximate surface area is 128 Å². The Kier molecular flexibility index (Phi) is 5.54. The van der Waals surface area contributed by atoms with Crippen LogP contribution in [0.15, 0.2) is 18.2 Å². The number of anilines is 1. The lowest BCUT2D eigenvalue weighted by Gasteiger charge is -2.35. The number of nitrogens with zero attached hydrogens (tertiary/aromatic N) is 2. The van der Waals surface area contributed by atoms with Gasteiger partial charge in [-0.1, -0.05) is 11.6 Å². The van der Waals surface area contributed by atoms with Crippen LogP contribution in [0, 0.1) is 5.82 Å². The molecule has 0 bridgehead atoms. The van der Waals surface area contributed by atoms with Crippen LogP contribution in [0.1, 0.15) is 0 Å². The van der Waals surface area contributed by atoms with E-state index in [9.17, 15) is 4.39 Å². The average molecular weight is 318 g/mol. The lowest BCUT2D eigenvalue weighted by molar-refractivity contribution is 0.148. The van der Waals surface area contributed by atoms with E-state index in [4.69, 9.17) is 28.9 Å². The zero-order valence-corrected chi connectivity index (χ0v) is 12.6. The molecule has 1 aromatic carbocycles. The fraction of sp³-hybridized carbons (Fsp3) is 0.462. The highest BCUT2D eigenvalue weighted by Crippen LogP contribution is 2.19. The maximum Gasteiger partial charge on any atom is 0.173 e. The van der Waals surface area contributed by atoms with Crippen LogP contribution in [-0.2, 0) is 0 Å². The van der Waals surface area contributed by atoms with Gasteiger partial charge in [-0.2, -0.15) is 0 Å². The molecule has 110 valence electrons. The summed E-state index contributed by atoms with van der Waals surface area (Å²) < 4.78 is 13.3. The molecular formula is C13H17ClFN3OS. The van der Waals surface area contributed by atoms with E-state index in [1.807, 2.05) is 4.90 Å². The van der Waals surface area contributed by atoms with E-state index in [1.165, 1.54) is 12.1 Å². The summed E-state index contributed by atoms with van der Waals surface area (Å²) in [6, 6.07) is 4.53. The number of benzene rings is 1. The fourth-order valence-corrected chi connectivity index (χ4v) is 2.51. The number of aliphatic hydroxyl groups is 1. The molecule has 1 saturated heterocycles. The van der Waals surface area contributed by atoms with Crippen molar-refractivity contribution in [1.82, 2.24) is 9.80 Å². The summed E-state index contributed by atoms with van der Waals surface area (Å²) in [7, 11) is 0.